The number of thiazole rings is 1. The summed E-state index contributed by atoms with van der Waals surface area (Å²) >= 11 is 1.59. The van der Waals surface area contributed by atoms with Crippen LogP contribution < -0.4 is 9.64 Å². The Balaban J connectivity index is 1.89. The van der Waals surface area contributed by atoms with Crippen molar-refractivity contribution in [2.24, 2.45) is 0 Å². The fraction of sp³-hybridized carbons (Fsp3) is 0.364. The average molecular weight is 398 g/mol. The summed E-state index contributed by atoms with van der Waals surface area (Å²) in [5.41, 5.74) is 4.32. The van der Waals surface area contributed by atoms with Gasteiger partial charge in [-0.1, -0.05) is 29.5 Å². The number of anilines is 1. The molecule has 148 valence electrons. The third kappa shape index (κ3) is 4.69. The van der Waals surface area contributed by atoms with Gasteiger partial charge in [-0.15, -0.1) is 0 Å². The van der Waals surface area contributed by atoms with Gasteiger partial charge in [0.05, 0.1) is 23.7 Å². The molecule has 0 aliphatic carbocycles. The molecular formula is C22H27N3O2S. The predicted octanol–water partition coefficient (Wildman–Crippen LogP) is 4.06. The molecule has 0 fully saturated rings. The maximum atomic E-state index is 13.2. The van der Waals surface area contributed by atoms with Gasteiger partial charge in [0.15, 0.2) is 5.13 Å². The van der Waals surface area contributed by atoms with Crippen LogP contribution in [0.2, 0.25) is 0 Å². The molecule has 0 radical (unpaired) electrons. The van der Waals surface area contributed by atoms with E-state index in [2.05, 4.69) is 30.9 Å². The number of methoxy groups -OCH3 is 1. The molecule has 2 aromatic carbocycles. The van der Waals surface area contributed by atoms with Gasteiger partial charge in [0.1, 0.15) is 5.75 Å². The standard InChI is InChI=1S/C22H27N3O2S/c1-15-12-16(2)21-19(13-15)23-22(28-21)25(11-10-24(3)4)20(26)14-17-6-8-18(27-5)9-7-17/h6-9,12-13H,10-11,14H2,1-5H3. The zero-order valence-electron chi connectivity index (χ0n) is 17.2. The number of aromatic nitrogens is 1. The molecule has 0 bridgehead atoms. The van der Waals surface area contributed by atoms with E-state index in [1.807, 2.05) is 43.3 Å². The van der Waals surface area contributed by atoms with Crippen LogP contribution in [-0.4, -0.2) is 50.1 Å². The van der Waals surface area contributed by atoms with Gasteiger partial charge in [-0.25, -0.2) is 4.98 Å². The normalized spacial score (nSPS) is 11.2. The lowest BCUT2D eigenvalue weighted by molar-refractivity contribution is -0.118. The fourth-order valence-electron chi connectivity index (χ4n) is 3.12. The summed E-state index contributed by atoms with van der Waals surface area (Å²) in [5, 5.41) is 0.768. The molecule has 1 amide bonds. The minimum Gasteiger partial charge on any atom is -0.497 e. The largest absolute Gasteiger partial charge is 0.497 e. The van der Waals surface area contributed by atoms with Gasteiger partial charge in [0.2, 0.25) is 5.91 Å². The van der Waals surface area contributed by atoms with Crippen molar-refractivity contribution in [2.45, 2.75) is 20.3 Å². The Kier molecular flexibility index (Phi) is 6.31. The van der Waals surface area contributed by atoms with Crippen molar-refractivity contribution >= 4 is 32.6 Å². The second-order valence-corrected chi connectivity index (χ2v) is 8.28. The number of hydrogen-bond donors (Lipinski definition) is 0. The summed E-state index contributed by atoms with van der Waals surface area (Å²) < 4.78 is 6.35. The number of aryl methyl sites for hydroxylation is 2. The summed E-state index contributed by atoms with van der Waals surface area (Å²) in [6, 6.07) is 11.9. The first kappa shape index (κ1) is 20.3. The Hall–Kier alpha value is -2.44. The quantitative estimate of drug-likeness (QED) is 0.603. The zero-order valence-corrected chi connectivity index (χ0v) is 18.0. The van der Waals surface area contributed by atoms with Crippen LogP contribution in [0, 0.1) is 13.8 Å². The smallest absolute Gasteiger partial charge is 0.233 e. The molecule has 0 aliphatic heterocycles. The van der Waals surface area contributed by atoms with Crippen LogP contribution in [0.5, 0.6) is 5.75 Å². The molecule has 6 heteroatoms. The van der Waals surface area contributed by atoms with E-state index in [1.54, 1.807) is 18.4 Å². The van der Waals surface area contributed by atoms with Crippen LogP contribution in [0.3, 0.4) is 0 Å². The molecule has 0 aliphatic rings. The van der Waals surface area contributed by atoms with Gasteiger partial charge in [0.25, 0.3) is 0 Å². The number of rotatable bonds is 7. The maximum Gasteiger partial charge on any atom is 0.233 e. The van der Waals surface area contributed by atoms with Gasteiger partial charge in [-0.2, -0.15) is 0 Å². The van der Waals surface area contributed by atoms with Crippen molar-refractivity contribution in [3.63, 3.8) is 0 Å². The Morgan fingerprint density at radius 2 is 1.82 bits per heavy atom. The number of carbonyl (C=O) groups is 1. The van der Waals surface area contributed by atoms with E-state index >= 15 is 0 Å². The lowest BCUT2D eigenvalue weighted by atomic mass is 10.1. The lowest BCUT2D eigenvalue weighted by Crippen LogP contribution is -2.37. The Bertz CT molecular complexity index is 964. The number of carbonyl (C=O) groups excluding carboxylic acids is 1. The van der Waals surface area contributed by atoms with Crippen LogP contribution in [0.1, 0.15) is 16.7 Å². The highest BCUT2D eigenvalue weighted by atomic mass is 32.1. The number of benzene rings is 2. The first-order chi connectivity index (χ1) is 13.4. The average Bonchev–Trinajstić information content (AvgIpc) is 3.06. The van der Waals surface area contributed by atoms with Crippen LogP contribution in [0.15, 0.2) is 36.4 Å². The van der Waals surface area contributed by atoms with E-state index < -0.39 is 0 Å². The van der Waals surface area contributed by atoms with Gasteiger partial charge in [-0.3, -0.25) is 9.69 Å². The van der Waals surface area contributed by atoms with Crippen molar-refractivity contribution in [3.05, 3.63) is 53.1 Å². The number of nitrogens with zero attached hydrogens (tertiary/aromatic N) is 3. The molecule has 0 spiro atoms. The van der Waals surface area contributed by atoms with Crippen LogP contribution in [0.25, 0.3) is 10.2 Å². The summed E-state index contributed by atoms with van der Waals surface area (Å²) in [6.45, 7) is 5.56. The topological polar surface area (TPSA) is 45.7 Å². The molecule has 1 heterocycles. The molecule has 5 nitrogen and oxygen atoms in total. The molecule has 0 saturated heterocycles. The molecule has 28 heavy (non-hydrogen) atoms. The minimum absolute atomic E-state index is 0.0560. The second kappa shape index (κ2) is 8.71. The minimum atomic E-state index is 0.0560. The highest BCUT2D eigenvalue weighted by Crippen LogP contribution is 2.32. The third-order valence-corrected chi connectivity index (χ3v) is 5.86. The highest BCUT2D eigenvalue weighted by Gasteiger charge is 2.21. The summed E-state index contributed by atoms with van der Waals surface area (Å²) in [7, 11) is 5.66. The third-order valence-electron chi connectivity index (χ3n) is 4.63. The maximum absolute atomic E-state index is 13.2. The van der Waals surface area contributed by atoms with E-state index in [0.29, 0.717) is 13.0 Å². The van der Waals surface area contributed by atoms with Crippen LogP contribution in [0.4, 0.5) is 5.13 Å². The Morgan fingerprint density at radius 1 is 1.11 bits per heavy atom. The molecule has 0 N–H and O–H groups in total. The molecule has 0 unspecified atom stereocenters. The van der Waals surface area contributed by atoms with E-state index in [0.717, 1.165) is 33.2 Å². The Labute approximate surface area is 170 Å². The number of amides is 1. The molecule has 0 atom stereocenters. The molecule has 0 saturated carbocycles. The summed E-state index contributed by atoms with van der Waals surface area (Å²) in [6.07, 6.45) is 0.339. The first-order valence-electron chi connectivity index (χ1n) is 9.33. The number of ether oxygens (including phenoxy) is 1. The van der Waals surface area contributed by atoms with Crippen LogP contribution >= 0.6 is 11.3 Å². The summed E-state index contributed by atoms with van der Waals surface area (Å²) in [4.78, 5) is 21.8. The predicted molar refractivity (Wildman–Crippen MR) is 117 cm³/mol. The van der Waals surface area contributed by atoms with Gasteiger partial charge in [0, 0.05) is 13.1 Å². The van der Waals surface area contributed by atoms with Gasteiger partial charge >= 0.3 is 0 Å². The van der Waals surface area contributed by atoms with Crippen molar-refractivity contribution in [3.8, 4) is 5.75 Å². The van der Waals surface area contributed by atoms with Crippen LogP contribution in [-0.2, 0) is 11.2 Å². The monoisotopic (exact) mass is 397 g/mol. The summed E-state index contributed by atoms with van der Waals surface area (Å²) in [5.74, 6) is 0.845. The van der Waals surface area contributed by atoms with E-state index in [-0.39, 0.29) is 5.91 Å². The lowest BCUT2D eigenvalue weighted by Gasteiger charge is -2.22. The highest BCUT2D eigenvalue weighted by molar-refractivity contribution is 7.22. The van der Waals surface area contributed by atoms with Gasteiger partial charge < -0.3 is 9.64 Å². The van der Waals surface area contributed by atoms with Gasteiger partial charge in [-0.05, 0) is 62.8 Å². The number of likely N-dealkylation sites (N-methyl/N-ethyl adjacent to an activating group) is 1. The second-order valence-electron chi connectivity index (χ2n) is 7.30. The zero-order chi connectivity index (χ0) is 20.3. The first-order valence-corrected chi connectivity index (χ1v) is 10.1. The SMILES string of the molecule is COc1ccc(CC(=O)N(CCN(C)C)c2nc3cc(C)cc(C)c3s2)cc1. The fourth-order valence-corrected chi connectivity index (χ4v) is 4.18. The van der Waals surface area contributed by atoms with E-state index in [9.17, 15) is 4.79 Å². The number of hydrogen-bond acceptors (Lipinski definition) is 5. The molecule has 3 aromatic rings. The Morgan fingerprint density at radius 3 is 2.46 bits per heavy atom. The van der Waals surface area contributed by atoms with Crippen molar-refractivity contribution < 1.29 is 9.53 Å². The van der Waals surface area contributed by atoms with Crippen molar-refractivity contribution in [1.29, 1.82) is 0 Å². The molecule has 3 rings (SSSR count). The molecule has 1 aromatic heterocycles. The van der Waals surface area contributed by atoms with Crippen molar-refractivity contribution in [2.75, 3.05) is 39.2 Å². The number of fused-ring (bicyclic) bond motifs is 1. The molecular weight excluding hydrogens is 370 g/mol. The van der Waals surface area contributed by atoms with Crippen molar-refractivity contribution in [1.82, 2.24) is 9.88 Å². The van der Waals surface area contributed by atoms with E-state index in [4.69, 9.17) is 9.72 Å². The van der Waals surface area contributed by atoms with E-state index in [1.165, 1.54) is 11.1 Å².